The van der Waals surface area contributed by atoms with Crippen LogP contribution in [0.15, 0.2) is 12.7 Å². The van der Waals surface area contributed by atoms with E-state index in [2.05, 4.69) is 40.4 Å². The smallest absolute Gasteiger partial charge is 0.311 e. The van der Waals surface area contributed by atoms with Crippen LogP contribution in [0.1, 0.15) is 48.5 Å². The van der Waals surface area contributed by atoms with Crippen molar-refractivity contribution in [2.24, 2.45) is 11.3 Å². The van der Waals surface area contributed by atoms with Crippen LogP contribution >= 0.6 is 0 Å². The zero-order valence-electron chi connectivity index (χ0n) is 15.4. The van der Waals surface area contributed by atoms with Gasteiger partial charge in [0.1, 0.15) is 0 Å². The Morgan fingerprint density at radius 2 is 1.67 bits per heavy atom. The summed E-state index contributed by atoms with van der Waals surface area (Å²) in [5.74, 6) is -0.0765. The molecule has 0 N–H and O–H groups in total. The van der Waals surface area contributed by atoms with Crippen LogP contribution in [0.2, 0.25) is 18.1 Å². The number of rotatable bonds is 6. The molecule has 0 fully saturated rings. The van der Waals surface area contributed by atoms with Gasteiger partial charge in [-0.2, -0.15) is 0 Å². The Kier molecular flexibility index (Phi) is 6.89. The number of carbonyl (C=O) groups excluding carboxylic acids is 1. The summed E-state index contributed by atoms with van der Waals surface area (Å²) in [4.78, 5) is 11.8. The minimum Gasteiger partial charge on any atom is -0.465 e. The molecule has 0 aromatic heterocycles. The van der Waals surface area contributed by atoms with Gasteiger partial charge in [-0.3, -0.25) is 4.79 Å². The van der Waals surface area contributed by atoms with Gasteiger partial charge in [-0.25, -0.2) is 0 Å². The molecule has 0 saturated carbocycles. The van der Waals surface area contributed by atoms with E-state index in [4.69, 9.17) is 9.16 Å². The van der Waals surface area contributed by atoms with Gasteiger partial charge in [-0.05, 0) is 38.9 Å². The first-order chi connectivity index (χ1) is 9.22. The molecule has 0 aliphatic rings. The maximum absolute atomic E-state index is 11.8. The van der Waals surface area contributed by atoms with E-state index in [0.717, 1.165) is 0 Å². The lowest BCUT2D eigenvalue weighted by Gasteiger charge is -2.40. The number of esters is 1. The van der Waals surface area contributed by atoms with E-state index in [0.29, 0.717) is 6.61 Å². The van der Waals surface area contributed by atoms with Crippen molar-refractivity contribution < 1.29 is 14.0 Å². The quantitative estimate of drug-likeness (QED) is 0.402. The molecule has 0 aliphatic heterocycles. The molecule has 2 atom stereocenters. The fourth-order valence-corrected chi connectivity index (χ4v) is 2.79. The molecular formula is C17H34O3Si. The fraction of sp³-hybridized carbons (Fsp3) is 0.824. The van der Waals surface area contributed by atoms with Gasteiger partial charge in [0.05, 0.1) is 18.1 Å². The predicted molar refractivity (Wildman–Crippen MR) is 91.8 cm³/mol. The van der Waals surface area contributed by atoms with Crippen molar-refractivity contribution in [2.45, 2.75) is 72.7 Å². The average molecular weight is 315 g/mol. The van der Waals surface area contributed by atoms with Gasteiger partial charge in [-0.15, -0.1) is 6.58 Å². The van der Waals surface area contributed by atoms with Crippen LogP contribution in [-0.2, 0) is 14.0 Å². The Balaban J connectivity index is 4.69. The third-order valence-corrected chi connectivity index (χ3v) is 8.59. The standard InChI is InChI=1S/C17H34O3Si/c1-11-14(20-21(9,10)17(6,7)8)13(2)12-19-15(18)16(3,4)5/h11,13-14H,1,12H2,2-10H3/t13-,14-/m0/s1. The minimum absolute atomic E-state index is 0.0846. The van der Waals surface area contributed by atoms with Gasteiger partial charge in [0, 0.05) is 5.92 Å². The Morgan fingerprint density at radius 1 is 1.19 bits per heavy atom. The molecular weight excluding hydrogens is 280 g/mol. The summed E-state index contributed by atoms with van der Waals surface area (Å²) in [6, 6.07) is 0. The number of hydrogen-bond acceptors (Lipinski definition) is 3. The molecule has 21 heavy (non-hydrogen) atoms. The van der Waals surface area contributed by atoms with Gasteiger partial charge < -0.3 is 9.16 Å². The van der Waals surface area contributed by atoms with E-state index in [1.54, 1.807) is 0 Å². The highest BCUT2D eigenvalue weighted by atomic mass is 28.4. The van der Waals surface area contributed by atoms with E-state index in [1.165, 1.54) is 0 Å². The molecule has 0 spiro atoms. The highest BCUT2D eigenvalue weighted by Gasteiger charge is 2.39. The van der Waals surface area contributed by atoms with E-state index >= 15 is 0 Å². The molecule has 0 aliphatic carbocycles. The average Bonchev–Trinajstić information content (AvgIpc) is 2.29. The maximum atomic E-state index is 11.8. The normalized spacial score (nSPS) is 16.2. The highest BCUT2D eigenvalue weighted by molar-refractivity contribution is 6.74. The molecule has 3 nitrogen and oxygen atoms in total. The molecule has 0 aromatic rings. The predicted octanol–water partition coefficient (Wildman–Crippen LogP) is 4.79. The summed E-state index contributed by atoms with van der Waals surface area (Å²) in [6.45, 7) is 22.9. The summed E-state index contributed by atoms with van der Waals surface area (Å²) in [5, 5.41) is 0.149. The van der Waals surface area contributed by atoms with Crippen molar-refractivity contribution in [3.05, 3.63) is 12.7 Å². The van der Waals surface area contributed by atoms with Crippen LogP contribution in [0.4, 0.5) is 0 Å². The number of hydrogen-bond donors (Lipinski definition) is 0. The largest absolute Gasteiger partial charge is 0.465 e. The first-order valence-electron chi connectivity index (χ1n) is 7.70. The van der Waals surface area contributed by atoms with Crippen LogP contribution in [0, 0.1) is 11.3 Å². The van der Waals surface area contributed by atoms with Crippen molar-refractivity contribution >= 4 is 14.3 Å². The van der Waals surface area contributed by atoms with Crippen LogP contribution in [-0.4, -0.2) is 27.0 Å². The first-order valence-corrected chi connectivity index (χ1v) is 10.6. The summed E-state index contributed by atoms with van der Waals surface area (Å²) in [5.41, 5.74) is -0.469. The molecule has 4 heteroatoms. The van der Waals surface area contributed by atoms with E-state index in [1.807, 2.05) is 33.8 Å². The van der Waals surface area contributed by atoms with Crippen LogP contribution < -0.4 is 0 Å². The minimum atomic E-state index is -1.86. The third kappa shape index (κ3) is 6.35. The van der Waals surface area contributed by atoms with Gasteiger partial charge in [0.25, 0.3) is 0 Å². The second kappa shape index (κ2) is 7.10. The summed E-state index contributed by atoms with van der Waals surface area (Å²) in [6.07, 6.45) is 1.74. The Morgan fingerprint density at radius 3 is 2.00 bits per heavy atom. The monoisotopic (exact) mass is 314 g/mol. The maximum Gasteiger partial charge on any atom is 0.311 e. The molecule has 0 aromatic carbocycles. The lowest BCUT2D eigenvalue weighted by molar-refractivity contribution is -0.154. The van der Waals surface area contributed by atoms with Gasteiger partial charge in [0.2, 0.25) is 0 Å². The fourth-order valence-electron chi connectivity index (χ4n) is 1.43. The topological polar surface area (TPSA) is 35.5 Å². The van der Waals surface area contributed by atoms with Gasteiger partial charge in [0.15, 0.2) is 8.32 Å². The van der Waals surface area contributed by atoms with Crippen molar-refractivity contribution in [3.63, 3.8) is 0 Å². The lowest BCUT2D eigenvalue weighted by atomic mass is 9.97. The Bertz CT molecular complexity index is 361. The van der Waals surface area contributed by atoms with E-state index in [9.17, 15) is 4.79 Å². The second-order valence-corrected chi connectivity index (χ2v) is 13.2. The molecule has 0 heterocycles. The van der Waals surface area contributed by atoms with Crippen molar-refractivity contribution in [1.29, 1.82) is 0 Å². The molecule has 0 radical (unpaired) electrons. The van der Waals surface area contributed by atoms with Crippen molar-refractivity contribution in [1.82, 2.24) is 0 Å². The number of carbonyl (C=O) groups is 1. The van der Waals surface area contributed by atoms with Crippen LogP contribution in [0.3, 0.4) is 0 Å². The lowest BCUT2D eigenvalue weighted by Crippen LogP contribution is -2.45. The SMILES string of the molecule is C=C[C@H](O[Si](C)(C)C(C)(C)C)[C@@H](C)COC(=O)C(C)(C)C. The summed E-state index contributed by atoms with van der Waals surface area (Å²) < 4.78 is 11.8. The molecule has 0 amide bonds. The van der Waals surface area contributed by atoms with Crippen LogP contribution in [0.5, 0.6) is 0 Å². The third-order valence-electron chi connectivity index (χ3n) is 4.12. The Hall–Kier alpha value is -0.613. The van der Waals surface area contributed by atoms with E-state index < -0.39 is 13.7 Å². The summed E-state index contributed by atoms with van der Waals surface area (Å²) in [7, 11) is -1.86. The Labute approximate surface area is 132 Å². The zero-order chi connectivity index (χ0) is 17.1. The zero-order valence-corrected chi connectivity index (χ0v) is 16.4. The van der Waals surface area contributed by atoms with Crippen LogP contribution in [0.25, 0.3) is 0 Å². The number of ether oxygens (including phenoxy) is 1. The van der Waals surface area contributed by atoms with Gasteiger partial charge in [-0.1, -0.05) is 33.8 Å². The molecule has 0 saturated heterocycles. The molecule has 124 valence electrons. The highest BCUT2D eigenvalue weighted by Crippen LogP contribution is 2.38. The molecule has 0 unspecified atom stereocenters. The summed E-state index contributed by atoms with van der Waals surface area (Å²) >= 11 is 0. The van der Waals surface area contributed by atoms with Crippen molar-refractivity contribution in [3.8, 4) is 0 Å². The first kappa shape index (κ1) is 20.4. The van der Waals surface area contributed by atoms with Crippen molar-refractivity contribution in [2.75, 3.05) is 6.61 Å². The second-order valence-electron chi connectivity index (χ2n) is 8.40. The van der Waals surface area contributed by atoms with Gasteiger partial charge >= 0.3 is 5.97 Å². The molecule has 0 bridgehead atoms. The molecule has 0 rings (SSSR count). The van der Waals surface area contributed by atoms with E-state index in [-0.39, 0.29) is 23.0 Å².